The molecule has 0 bridgehead atoms. The zero-order chi connectivity index (χ0) is 18.6. The Hall–Kier alpha value is -2.68. The van der Waals surface area contributed by atoms with E-state index in [9.17, 15) is 5.26 Å². The number of ether oxygens (including phenoxy) is 1. The van der Waals surface area contributed by atoms with Crippen LogP contribution in [-0.4, -0.2) is 31.3 Å². The van der Waals surface area contributed by atoms with Crippen LogP contribution in [0.5, 0.6) is 0 Å². The summed E-state index contributed by atoms with van der Waals surface area (Å²) in [5, 5.41) is 9.95. The third-order valence-electron chi connectivity index (χ3n) is 4.65. The number of hydrogen-bond acceptors (Lipinski definition) is 4. The lowest BCUT2D eigenvalue weighted by atomic mass is 9.98. The number of pyridine rings is 1. The van der Waals surface area contributed by atoms with Crippen molar-refractivity contribution >= 4 is 21.7 Å². The average Bonchev–Trinajstić information content (AvgIpc) is 2.74. The van der Waals surface area contributed by atoms with Gasteiger partial charge >= 0.3 is 0 Å². The molecule has 0 saturated carbocycles. The predicted octanol–water partition coefficient (Wildman–Crippen LogP) is 4.89. The molecule has 134 valence electrons. The molecule has 4 nitrogen and oxygen atoms in total. The van der Waals surface area contributed by atoms with Crippen molar-refractivity contribution in [2.45, 2.75) is 0 Å². The monoisotopic (exact) mass is 419 g/mol. The van der Waals surface area contributed by atoms with Crippen molar-refractivity contribution in [3.8, 4) is 28.5 Å². The number of anilines is 1. The number of nitrogens with zero attached hydrogens (tertiary/aromatic N) is 3. The van der Waals surface area contributed by atoms with Gasteiger partial charge in [-0.15, -0.1) is 0 Å². The molecule has 0 N–H and O–H groups in total. The molecule has 2 aromatic carbocycles. The highest BCUT2D eigenvalue weighted by molar-refractivity contribution is 9.10. The zero-order valence-corrected chi connectivity index (χ0v) is 16.3. The molecule has 1 fully saturated rings. The maximum absolute atomic E-state index is 9.95. The summed E-state index contributed by atoms with van der Waals surface area (Å²) in [7, 11) is 0. The Balaban J connectivity index is 1.93. The van der Waals surface area contributed by atoms with Gasteiger partial charge in [0.1, 0.15) is 17.5 Å². The van der Waals surface area contributed by atoms with Crippen LogP contribution in [0.25, 0.3) is 22.4 Å². The Morgan fingerprint density at radius 2 is 1.67 bits per heavy atom. The maximum atomic E-state index is 9.95. The van der Waals surface area contributed by atoms with Crippen LogP contribution in [0.1, 0.15) is 5.56 Å². The highest BCUT2D eigenvalue weighted by Crippen LogP contribution is 2.34. The molecule has 1 saturated heterocycles. The summed E-state index contributed by atoms with van der Waals surface area (Å²) in [6.45, 7) is 2.77. The maximum Gasteiger partial charge on any atom is 0.148 e. The number of rotatable bonds is 3. The van der Waals surface area contributed by atoms with Gasteiger partial charge in [0, 0.05) is 28.7 Å². The van der Waals surface area contributed by atoms with Gasteiger partial charge in [-0.3, -0.25) is 0 Å². The van der Waals surface area contributed by atoms with Crippen molar-refractivity contribution in [3.63, 3.8) is 0 Å². The SMILES string of the molecule is N#Cc1c(-c2ccc(Br)cc2)cc(-c2ccccc2)nc1N1CCOCC1. The lowest BCUT2D eigenvalue weighted by molar-refractivity contribution is 0.122. The Labute approximate surface area is 167 Å². The van der Waals surface area contributed by atoms with E-state index in [-0.39, 0.29) is 0 Å². The van der Waals surface area contributed by atoms with Crippen molar-refractivity contribution in [1.29, 1.82) is 5.26 Å². The summed E-state index contributed by atoms with van der Waals surface area (Å²) in [4.78, 5) is 7.03. The fourth-order valence-corrected chi connectivity index (χ4v) is 3.52. The van der Waals surface area contributed by atoms with Crippen molar-refractivity contribution in [2.24, 2.45) is 0 Å². The van der Waals surface area contributed by atoms with Gasteiger partial charge in [-0.25, -0.2) is 4.98 Å². The molecule has 0 spiro atoms. The van der Waals surface area contributed by atoms with Gasteiger partial charge in [-0.2, -0.15) is 5.26 Å². The summed E-state index contributed by atoms with van der Waals surface area (Å²) < 4.78 is 6.49. The zero-order valence-electron chi connectivity index (χ0n) is 14.7. The van der Waals surface area contributed by atoms with Crippen molar-refractivity contribution in [1.82, 2.24) is 4.98 Å². The number of halogens is 1. The van der Waals surface area contributed by atoms with E-state index in [1.165, 1.54) is 0 Å². The van der Waals surface area contributed by atoms with E-state index >= 15 is 0 Å². The van der Waals surface area contributed by atoms with E-state index in [2.05, 4.69) is 26.9 Å². The molecule has 1 aliphatic heterocycles. The quantitative estimate of drug-likeness (QED) is 0.606. The first-order valence-corrected chi connectivity index (χ1v) is 9.65. The van der Waals surface area contributed by atoms with E-state index in [0.29, 0.717) is 18.8 Å². The van der Waals surface area contributed by atoms with Gasteiger partial charge in [0.15, 0.2) is 0 Å². The van der Waals surface area contributed by atoms with Crippen LogP contribution in [-0.2, 0) is 4.74 Å². The first kappa shape index (κ1) is 17.7. The summed E-state index contributed by atoms with van der Waals surface area (Å²) in [5.41, 5.74) is 4.42. The fraction of sp³-hybridized carbons (Fsp3) is 0.182. The Morgan fingerprint density at radius 1 is 0.963 bits per heavy atom. The summed E-state index contributed by atoms with van der Waals surface area (Å²) in [5.74, 6) is 0.736. The smallest absolute Gasteiger partial charge is 0.148 e. The lowest BCUT2D eigenvalue weighted by Gasteiger charge is -2.29. The van der Waals surface area contributed by atoms with Crippen molar-refractivity contribution in [2.75, 3.05) is 31.2 Å². The standard InChI is InChI=1S/C22H18BrN3O/c23-18-8-6-16(7-9-18)19-14-21(17-4-2-1-3-5-17)25-22(20(19)15-24)26-10-12-27-13-11-26/h1-9,14H,10-13H2. The lowest BCUT2D eigenvalue weighted by Crippen LogP contribution is -2.37. The Kier molecular flexibility index (Phi) is 5.19. The number of aromatic nitrogens is 1. The second-order valence-electron chi connectivity index (χ2n) is 6.34. The van der Waals surface area contributed by atoms with Crippen LogP contribution >= 0.6 is 15.9 Å². The summed E-state index contributed by atoms with van der Waals surface area (Å²) in [6, 6.07) is 22.5. The predicted molar refractivity (Wildman–Crippen MR) is 111 cm³/mol. The molecule has 0 atom stereocenters. The minimum absolute atomic E-state index is 0.610. The van der Waals surface area contributed by atoms with Crippen LogP contribution in [0.15, 0.2) is 65.1 Å². The molecule has 27 heavy (non-hydrogen) atoms. The Bertz CT molecular complexity index is 975. The highest BCUT2D eigenvalue weighted by atomic mass is 79.9. The van der Waals surface area contributed by atoms with Gasteiger partial charge in [0.2, 0.25) is 0 Å². The molecule has 4 rings (SSSR count). The largest absolute Gasteiger partial charge is 0.378 e. The van der Waals surface area contributed by atoms with E-state index in [1.54, 1.807) is 0 Å². The van der Waals surface area contributed by atoms with Crippen LogP contribution in [0, 0.1) is 11.3 Å². The first-order valence-electron chi connectivity index (χ1n) is 8.85. The molecular formula is C22H18BrN3O. The minimum Gasteiger partial charge on any atom is -0.378 e. The van der Waals surface area contributed by atoms with E-state index in [0.717, 1.165) is 45.8 Å². The van der Waals surface area contributed by atoms with Gasteiger partial charge in [0.05, 0.1) is 18.9 Å². The molecular weight excluding hydrogens is 402 g/mol. The van der Waals surface area contributed by atoms with E-state index in [1.807, 2.05) is 60.7 Å². The van der Waals surface area contributed by atoms with Gasteiger partial charge in [-0.1, -0.05) is 58.4 Å². The van der Waals surface area contributed by atoms with Crippen LogP contribution in [0.4, 0.5) is 5.82 Å². The van der Waals surface area contributed by atoms with E-state index < -0.39 is 0 Å². The number of benzene rings is 2. The fourth-order valence-electron chi connectivity index (χ4n) is 3.26. The molecule has 0 unspecified atom stereocenters. The number of hydrogen-bond donors (Lipinski definition) is 0. The third-order valence-corrected chi connectivity index (χ3v) is 5.18. The second kappa shape index (κ2) is 7.91. The summed E-state index contributed by atoms with van der Waals surface area (Å²) in [6.07, 6.45) is 0. The molecule has 1 aromatic heterocycles. The normalized spacial score (nSPS) is 14.0. The van der Waals surface area contributed by atoms with Crippen molar-refractivity contribution < 1.29 is 4.74 Å². The highest BCUT2D eigenvalue weighted by Gasteiger charge is 2.21. The van der Waals surface area contributed by atoms with Gasteiger partial charge < -0.3 is 9.64 Å². The molecule has 3 aromatic rings. The molecule has 0 radical (unpaired) electrons. The molecule has 0 amide bonds. The molecule has 1 aliphatic rings. The number of morpholine rings is 1. The number of nitriles is 1. The molecule has 0 aliphatic carbocycles. The topological polar surface area (TPSA) is 49.2 Å². The third kappa shape index (κ3) is 3.73. The minimum atomic E-state index is 0.610. The average molecular weight is 420 g/mol. The molecule has 2 heterocycles. The Morgan fingerprint density at radius 3 is 2.33 bits per heavy atom. The van der Waals surface area contributed by atoms with E-state index in [4.69, 9.17) is 9.72 Å². The molecule has 5 heteroatoms. The van der Waals surface area contributed by atoms with Crippen molar-refractivity contribution in [3.05, 3.63) is 70.7 Å². The van der Waals surface area contributed by atoms with Crippen LogP contribution in [0.3, 0.4) is 0 Å². The van der Waals surface area contributed by atoms with Crippen LogP contribution in [0.2, 0.25) is 0 Å². The van der Waals surface area contributed by atoms with Gasteiger partial charge in [-0.05, 0) is 23.8 Å². The first-order chi connectivity index (χ1) is 13.3. The van der Waals surface area contributed by atoms with Crippen LogP contribution < -0.4 is 4.90 Å². The second-order valence-corrected chi connectivity index (χ2v) is 7.25. The summed E-state index contributed by atoms with van der Waals surface area (Å²) >= 11 is 3.48. The van der Waals surface area contributed by atoms with Gasteiger partial charge in [0.25, 0.3) is 0 Å².